The van der Waals surface area contributed by atoms with Crippen molar-refractivity contribution in [1.29, 1.82) is 0 Å². The molecule has 0 spiro atoms. The predicted molar refractivity (Wildman–Crippen MR) is 134 cm³/mol. The minimum absolute atomic E-state index is 0.0560. The molecule has 34 heavy (non-hydrogen) atoms. The summed E-state index contributed by atoms with van der Waals surface area (Å²) in [5.74, 6) is 0.757. The number of amides is 2. The average molecular weight is 453 g/mol. The molecular formula is C28H28N4O2. The van der Waals surface area contributed by atoms with Crippen LogP contribution in [0.3, 0.4) is 0 Å². The summed E-state index contributed by atoms with van der Waals surface area (Å²) in [7, 11) is 0. The highest BCUT2D eigenvalue weighted by Crippen LogP contribution is 2.27. The summed E-state index contributed by atoms with van der Waals surface area (Å²) in [5, 5.41) is 3.00. The summed E-state index contributed by atoms with van der Waals surface area (Å²) in [6.07, 6.45) is 2.50. The SMILES string of the molecule is Cc1ccccc1C(=O)NCCc1nc2ccccc2n1CC(=O)N1CCCc2ccccc21. The van der Waals surface area contributed by atoms with Crippen LogP contribution < -0.4 is 10.2 Å². The lowest BCUT2D eigenvalue weighted by atomic mass is 10.0. The number of nitrogens with zero attached hydrogens (tertiary/aromatic N) is 3. The number of benzene rings is 3. The second-order valence-electron chi connectivity index (χ2n) is 8.70. The molecule has 1 aliphatic heterocycles. The lowest BCUT2D eigenvalue weighted by Gasteiger charge is -2.29. The highest BCUT2D eigenvalue weighted by atomic mass is 16.2. The van der Waals surface area contributed by atoms with E-state index >= 15 is 0 Å². The molecule has 2 heterocycles. The first-order chi connectivity index (χ1) is 16.6. The van der Waals surface area contributed by atoms with Crippen LogP contribution in [0.2, 0.25) is 0 Å². The van der Waals surface area contributed by atoms with Crippen LogP contribution in [-0.2, 0) is 24.2 Å². The molecule has 6 nitrogen and oxygen atoms in total. The summed E-state index contributed by atoms with van der Waals surface area (Å²) in [4.78, 5) is 32.7. The zero-order valence-electron chi connectivity index (χ0n) is 19.3. The number of carbonyl (C=O) groups excluding carboxylic acids is 2. The topological polar surface area (TPSA) is 67.2 Å². The molecule has 6 heteroatoms. The van der Waals surface area contributed by atoms with Gasteiger partial charge in [-0.2, -0.15) is 0 Å². The summed E-state index contributed by atoms with van der Waals surface area (Å²) in [6, 6.07) is 23.6. The van der Waals surface area contributed by atoms with Crippen LogP contribution in [0, 0.1) is 6.92 Å². The number of hydrogen-bond acceptors (Lipinski definition) is 3. The number of carbonyl (C=O) groups is 2. The van der Waals surface area contributed by atoms with Crippen LogP contribution in [-0.4, -0.2) is 34.5 Å². The Balaban J connectivity index is 1.35. The van der Waals surface area contributed by atoms with Crippen LogP contribution in [0.1, 0.15) is 33.7 Å². The van der Waals surface area contributed by atoms with E-state index in [0.717, 1.165) is 47.5 Å². The highest BCUT2D eigenvalue weighted by molar-refractivity contribution is 5.96. The van der Waals surface area contributed by atoms with E-state index in [-0.39, 0.29) is 18.4 Å². The molecule has 3 aromatic carbocycles. The van der Waals surface area contributed by atoms with Crippen molar-refractivity contribution in [2.75, 3.05) is 18.0 Å². The smallest absolute Gasteiger partial charge is 0.251 e. The largest absolute Gasteiger partial charge is 0.352 e. The van der Waals surface area contributed by atoms with E-state index in [2.05, 4.69) is 11.4 Å². The minimum Gasteiger partial charge on any atom is -0.352 e. The molecule has 0 atom stereocenters. The van der Waals surface area contributed by atoms with Gasteiger partial charge in [-0.3, -0.25) is 9.59 Å². The first-order valence-corrected chi connectivity index (χ1v) is 11.8. The Bertz CT molecular complexity index is 1360. The van der Waals surface area contributed by atoms with E-state index in [0.29, 0.717) is 18.5 Å². The monoisotopic (exact) mass is 452 g/mol. The highest BCUT2D eigenvalue weighted by Gasteiger charge is 2.24. The second-order valence-corrected chi connectivity index (χ2v) is 8.70. The minimum atomic E-state index is -0.0956. The second kappa shape index (κ2) is 9.51. The maximum absolute atomic E-state index is 13.4. The summed E-state index contributed by atoms with van der Waals surface area (Å²) in [5.41, 5.74) is 5.64. The molecule has 1 aromatic heterocycles. The number of para-hydroxylation sites is 3. The van der Waals surface area contributed by atoms with Gasteiger partial charge >= 0.3 is 0 Å². The van der Waals surface area contributed by atoms with Crippen LogP contribution >= 0.6 is 0 Å². The van der Waals surface area contributed by atoms with E-state index < -0.39 is 0 Å². The molecule has 2 amide bonds. The van der Waals surface area contributed by atoms with Crippen molar-refractivity contribution in [2.45, 2.75) is 32.7 Å². The fraction of sp³-hybridized carbons (Fsp3) is 0.250. The Morgan fingerprint density at radius 3 is 2.62 bits per heavy atom. The molecule has 0 bridgehead atoms. The third-order valence-electron chi connectivity index (χ3n) is 6.46. The van der Waals surface area contributed by atoms with Crippen LogP contribution in [0.5, 0.6) is 0 Å². The third-order valence-corrected chi connectivity index (χ3v) is 6.46. The van der Waals surface area contributed by atoms with Crippen molar-refractivity contribution in [1.82, 2.24) is 14.9 Å². The molecule has 0 fully saturated rings. The van der Waals surface area contributed by atoms with Gasteiger partial charge < -0.3 is 14.8 Å². The molecule has 4 aromatic rings. The molecule has 0 aliphatic carbocycles. The number of nitrogens with one attached hydrogen (secondary N) is 1. The Morgan fingerprint density at radius 2 is 1.74 bits per heavy atom. The predicted octanol–water partition coefficient (Wildman–Crippen LogP) is 4.30. The quantitative estimate of drug-likeness (QED) is 0.474. The van der Waals surface area contributed by atoms with E-state index in [9.17, 15) is 9.59 Å². The van der Waals surface area contributed by atoms with E-state index in [1.165, 1.54) is 5.56 Å². The Kier molecular flexibility index (Phi) is 6.12. The number of aryl methyl sites for hydroxylation is 2. The van der Waals surface area contributed by atoms with Crippen LogP contribution in [0.25, 0.3) is 11.0 Å². The fourth-order valence-corrected chi connectivity index (χ4v) is 4.72. The molecule has 1 aliphatic rings. The molecule has 0 radical (unpaired) electrons. The summed E-state index contributed by atoms with van der Waals surface area (Å²) in [6.45, 7) is 3.32. The van der Waals surface area contributed by atoms with Crippen LogP contribution in [0.4, 0.5) is 5.69 Å². The van der Waals surface area contributed by atoms with Gasteiger partial charge in [0.05, 0.1) is 11.0 Å². The van der Waals surface area contributed by atoms with E-state index in [1.807, 2.05) is 83.1 Å². The van der Waals surface area contributed by atoms with Gasteiger partial charge in [-0.05, 0) is 55.2 Å². The number of rotatable bonds is 6. The molecular weight excluding hydrogens is 424 g/mol. The number of imidazole rings is 1. The van der Waals surface area contributed by atoms with E-state index in [1.54, 1.807) is 0 Å². The van der Waals surface area contributed by atoms with Gasteiger partial charge in [0.1, 0.15) is 12.4 Å². The number of fused-ring (bicyclic) bond motifs is 2. The fourth-order valence-electron chi connectivity index (χ4n) is 4.72. The molecule has 0 saturated carbocycles. The molecule has 1 N–H and O–H groups in total. The maximum Gasteiger partial charge on any atom is 0.251 e. The van der Waals surface area contributed by atoms with Crippen molar-refractivity contribution in [2.24, 2.45) is 0 Å². The Hall–Kier alpha value is -3.93. The van der Waals surface area contributed by atoms with Gasteiger partial charge in [-0.25, -0.2) is 4.98 Å². The van der Waals surface area contributed by atoms with Gasteiger partial charge in [0.15, 0.2) is 0 Å². The molecule has 0 saturated heterocycles. The lowest BCUT2D eigenvalue weighted by molar-refractivity contribution is -0.119. The van der Waals surface area contributed by atoms with Crippen molar-refractivity contribution in [3.63, 3.8) is 0 Å². The standard InChI is InChI=1S/C28H28N4O2/c1-20-9-2-4-12-22(20)28(34)29-17-16-26-30-23-13-5-7-15-25(23)32(26)19-27(33)31-18-8-11-21-10-3-6-14-24(21)31/h2-7,9-10,12-15H,8,11,16-19H2,1H3,(H,29,34). The zero-order valence-corrected chi connectivity index (χ0v) is 19.3. The molecule has 172 valence electrons. The third kappa shape index (κ3) is 4.31. The van der Waals surface area contributed by atoms with Crippen molar-refractivity contribution in [3.8, 4) is 0 Å². The molecule has 0 unspecified atom stereocenters. The average Bonchev–Trinajstić information content (AvgIpc) is 3.21. The van der Waals surface area contributed by atoms with Gasteiger partial charge in [-0.15, -0.1) is 0 Å². The first-order valence-electron chi connectivity index (χ1n) is 11.8. The van der Waals surface area contributed by atoms with Gasteiger partial charge in [-0.1, -0.05) is 48.5 Å². The summed E-state index contributed by atoms with van der Waals surface area (Å²) >= 11 is 0. The number of hydrogen-bond donors (Lipinski definition) is 1. The van der Waals surface area contributed by atoms with Crippen molar-refractivity contribution >= 4 is 28.5 Å². The van der Waals surface area contributed by atoms with Gasteiger partial charge in [0.25, 0.3) is 5.91 Å². The zero-order chi connectivity index (χ0) is 23.5. The van der Waals surface area contributed by atoms with Gasteiger partial charge in [0, 0.05) is 30.8 Å². The van der Waals surface area contributed by atoms with Crippen molar-refractivity contribution in [3.05, 3.63) is 95.3 Å². The Morgan fingerprint density at radius 1 is 0.971 bits per heavy atom. The number of aromatic nitrogens is 2. The maximum atomic E-state index is 13.4. The lowest BCUT2D eigenvalue weighted by Crippen LogP contribution is -2.38. The summed E-state index contributed by atoms with van der Waals surface area (Å²) < 4.78 is 1.99. The van der Waals surface area contributed by atoms with Gasteiger partial charge in [0.2, 0.25) is 5.91 Å². The Labute approximate surface area is 199 Å². The number of anilines is 1. The first kappa shape index (κ1) is 21.9. The normalized spacial score (nSPS) is 13.0. The molecule has 5 rings (SSSR count). The van der Waals surface area contributed by atoms with Crippen LogP contribution in [0.15, 0.2) is 72.8 Å². The van der Waals surface area contributed by atoms with E-state index in [4.69, 9.17) is 4.98 Å². The van der Waals surface area contributed by atoms with Crippen molar-refractivity contribution < 1.29 is 9.59 Å².